The molecule has 0 saturated carbocycles. The minimum Gasteiger partial charge on any atom is -0.372 e. The number of hydrogen-bond donors (Lipinski definition) is 1. The molecule has 0 radical (unpaired) electrons. The molecule has 2 rings (SSSR count). The Morgan fingerprint density at radius 2 is 2.24 bits per heavy atom. The lowest BCUT2D eigenvalue weighted by molar-refractivity contribution is 0.134. The Balaban J connectivity index is 2.14. The molecule has 0 saturated heterocycles. The van der Waals surface area contributed by atoms with Crippen molar-refractivity contribution in [2.24, 2.45) is 0 Å². The molecule has 17 heavy (non-hydrogen) atoms. The number of rotatable bonds is 6. The Morgan fingerprint density at radius 3 is 3.00 bits per heavy atom. The zero-order valence-corrected chi connectivity index (χ0v) is 10.5. The van der Waals surface area contributed by atoms with Gasteiger partial charge in [0.25, 0.3) is 0 Å². The third kappa shape index (κ3) is 2.96. The molecule has 0 fully saturated rings. The standard InChI is InChI=1S/C15H21NO/c1-3-5-6-15(16-4-2)12-7-8-13-10-17-11-14(13)9-12/h3,7-9,15-16H,1,4-6,10-11H2,2H3. The van der Waals surface area contributed by atoms with Crippen LogP contribution in [0.4, 0.5) is 0 Å². The largest absolute Gasteiger partial charge is 0.372 e. The maximum absolute atomic E-state index is 5.45. The monoisotopic (exact) mass is 231 g/mol. The summed E-state index contributed by atoms with van der Waals surface area (Å²) in [5.41, 5.74) is 4.06. The summed E-state index contributed by atoms with van der Waals surface area (Å²) < 4.78 is 5.45. The van der Waals surface area contributed by atoms with Crippen molar-refractivity contribution in [3.63, 3.8) is 0 Å². The van der Waals surface area contributed by atoms with E-state index in [1.165, 1.54) is 16.7 Å². The number of allylic oxidation sites excluding steroid dienone is 1. The van der Waals surface area contributed by atoms with Crippen LogP contribution < -0.4 is 5.32 Å². The number of nitrogens with one attached hydrogen (secondary N) is 1. The molecular weight excluding hydrogens is 210 g/mol. The first-order valence-corrected chi connectivity index (χ1v) is 6.39. The Labute approximate surface area is 104 Å². The van der Waals surface area contributed by atoms with E-state index in [9.17, 15) is 0 Å². The first-order valence-electron chi connectivity index (χ1n) is 6.39. The van der Waals surface area contributed by atoms with Crippen molar-refractivity contribution < 1.29 is 4.74 Å². The van der Waals surface area contributed by atoms with Gasteiger partial charge in [-0.1, -0.05) is 31.2 Å². The lowest BCUT2D eigenvalue weighted by atomic mass is 9.98. The van der Waals surface area contributed by atoms with Crippen molar-refractivity contribution in [2.45, 2.75) is 39.0 Å². The smallest absolute Gasteiger partial charge is 0.0725 e. The normalized spacial score (nSPS) is 15.6. The highest BCUT2D eigenvalue weighted by Gasteiger charge is 2.15. The van der Waals surface area contributed by atoms with Gasteiger partial charge in [-0.05, 0) is 36.1 Å². The van der Waals surface area contributed by atoms with Crippen molar-refractivity contribution in [1.82, 2.24) is 5.32 Å². The van der Waals surface area contributed by atoms with Crippen LogP contribution in [-0.4, -0.2) is 6.54 Å². The molecular formula is C15H21NO. The van der Waals surface area contributed by atoms with Crippen molar-refractivity contribution in [1.29, 1.82) is 0 Å². The maximum atomic E-state index is 5.45. The lowest BCUT2D eigenvalue weighted by Gasteiger charge is -2.18. The number of ether oxygens (including phenoxy) is 1. The van der Waals surface area contributed by atoms with E-state index in [0.29, 0.717) is 6.04 Å². The Morgan fingerprint density at radius 1 is 1.41 bits per heavy atom. The van der Waals surface area contributed by atoms with Crippen LogP contribution in [0.15, 0.2) is 30.9 Å². The molecule has 92 valence electrons. The van der Waals surface area contributed by atoms with Crippen LogP contribution in [0.25, 0.3) is 0 Å². The number of benzene rings is 1. The summed E-state index contributed by atoms with van der Waals surface area (Å²) in [6.07, 6.45) is 4.14. The second-order valence-electron chi connectivity index (χ2n) is 4.50. The number of fused-ring (bicyclic) bond motifs is 1. The topological polar surface area (TPSA) is 21.3 Å². The molecule has 1 aromatic carbocycles. The first kappa shape index (κ1) is 12.3. The Hall–Kier alpha value is -1.12. The van der Waals surface area contributed by atoms with Crippen LogP contribution in [0.1, 0.15) is 42.5 Å². The molecule has 1 unspecified atom stereocenters. The Kier molecular flexibility index (Phi) is 4.35. The van der Waals surface area contributed by atoms with Gasteiger partial charge in [0.05, 0.1) is 13.2 Å². The van der Waals surface area contributed by atoms with Crippen molar-refractivity contribution in [3.05, 3.63) is 47.5 Å². The van der Waals surface area contributed by atoms with Gasteiger partial charge in [0.1, 0.15) is 0 Å². The molecule has 1 aliphatic heterocycles. The molecule has 1 heterocycles. The molecule has 1 N–H and O–H groups in total. The van der Waals surface area contributed by atoms with E-state index in [1.807, 2.05) is 6.08 Å². The summed E-state index contributed by atoms with van der Waals surface area (Å²) in [5, 5.41) is 3.54. The number of hydrogen-bond acceptors (Lipinski definition) is 2. The highest BCUT2D eigenvalue weighted by Crippen LogP contribution is 2.26. The van der Waals surface area contributed by atoms with Crippen molar-refractivity contribution in [3.8, 4) is 0 Å². The first-order chi connectivity index (χ1) is 8.35. The quantitative estimate of drug-likeness (QED) is 0.758. The van der Waals surface area contributed by atoms with Gasteiger partial charge in [-0.2, -0.15) is 0 Å². The maximum Gasteiger partial charge on any atom is 0.0725 e. The molecule has 1 aromatic rings. The molecule has 0 spiro atoms. The minimum atomic E-state index is 0.434. The minimum absolute atomic E-state index is 0.434. The van der Waals surface area contributed by atoms with Gasteiger partial charge in [0.2, 0.25) is 0 Å². The predicted octanol–water partition coefficient (Wildman–Crippen LogP) is 3.33. The highest BCUT2D eigenvalue weighted by atomic mass is 16.5. The van der Waals surface area contributed by atoms with E-state index in [-0.39, 0.29) is 0 Å². The van der Waals surface area contributed by atoms with Crippen molar-refractivity contribution in [2.75, 3.05) is 6.54 Å². The third-order valence-electron chi connectivity index (χ3n) is 3.26. The van der Waals surface area contributed by atoms with E-state index in [1.54, 1.807) is 0 Å². The van der Waals surface area contributed by atoms with Gasteiger partial charge < -0.3 is 10.1 Å². The van der Waals surface area contributed by atoms with Crippen LogP contribution in [0.3, 0.4) is 0 Å². The van der Waals surface area contributed by atoms with Gasteiger partial charge in [-0.3, -0.25) is 0 Å². The summed E-state index contributed by atoms with van der Waals surface area (Å²) in [6, 6.07) is 7.15. The van der Waals surface area contributed by atoms with Crippen LogP contribution >= 0.6 is 0 Å². The SMILES string of the molecule is C=CCCC(NCC)c1ccc2c(c1)COC2. The molecule has 2 nitrogen and oxygen atoms in total. The van der Waals surface area contributed by atoms with Gasteiger partial charge in [0, 0.05) is 6.04 Å². The predicted molar refractivity (Wildman–Crippen MR) is 70.8 cm³/mol. The molecule has 2 heteroatoms. The second-order valence-corrected chi connectivity index (χ2v) is 4.50. The summed E-state index contributed by atoms with van der Waals surface area (Å²) in [7, 11) is 0. The van der Waals surface area contributed by atoms with Crippen LogP contribution in [0, 0.1) is 0 Å². The summed E-state index contributed by atoms with van der Waals surface area (Å²) in [5.74, 6) is 0. The van der Waals surface area contributed by atoms with Crippen molar-refractivity contribution >= 4 is 0 Å². The third-order valence-corrected chi connectivity index (χ3v) is 3.26. The van der Waals surface area contributed by atoms with Gasteiger partial charge >= 0.3 is 0 Å². The fourth-order valence-corrected chi connectivity index (χ4v) is 2.33. The summed E-state index contributed by atoms with van der Waals surface area (Å²) in [6.45, 7) is 8.48. The van der Waals surface area contributed by atoms with Gasteiger partial charge in [-0.25, -0.2) is 0 Å². The summed E-state index contributed by atoms with van der Waals surface area (Å²) in [4.78, 5) is 0. The summed E-state index contributed by atoms with van der Waals surface area (Å²) >= 11 is 0. The average molecular weight is 231 g/mol. The van der Waals surface area contributed by atoms with E-state index >= 15 is 0 Å². The average Bonchev–Trinajstić information content (AvgIpc) is 2.81. The van der Waals surface area contributed by atoms with Crippen LogP contribution in [0.5, 0.6) is 0 Å². The molecule has 0 bridgehead atoms. The fourth-order valence-electron chi connectivity index (χ4n) is 2.33. The van der Waals surface area contributed by atoms with Crippen LogP contribution in [0.2, 0.25) is 0 Å². The Bertz CT molecular complexity index is 387. The molecule has 1 aliphatic rings. The highest BCUT2D eigenvalue weighted by molar-refractivity contribution is 5.34. The van der Waals surface area contributed by atoms with E-state index in [4.69, 9.17) is 4.74 Å². The zero-order chi connectivity index (χ0) is 12.1. The second kappa shape index (κ2) is 5.99. The molecule has 0 amide bonds. The van der Waals surface area contributed by atoms with Gasteiger partial charge in [-0.15, -0.1) is 6.58 Å². The van der Waals surface area contributed by atoms with E-state index in [0.717, 1.165) is 32.6 Å². The van der Waals surface area contributed by atoms with Gasteiger partial charge in [0.15, 0.2) is 0 Å². The van der Waals surface area contributed by atoms with E-state index in [2.05, 4.69) is 37.0 Å². The molecule has 0 aromatic heterocycles. The van der Waals surface area contributed by atoms with E-state index < -0.39 is 0 Å². The van der Waals surface area contributed by atoms with Crippen LogP contribution in [-0.2, 0) is 18.0 Å². The molecule has 0 aliphatic carbocycles. The fraction of sp³-hybridized carbons (Fsp3) is 0.467. The molecule has 1 atom stereocenters. The lowest BCUT2D eigenvalue weighted by Crippen LogP contribution is -2.20. The zero-order valence-electron chi connectivity index (χ0n) is 10.5.